The standard InChI is InChI=1S/C29H31F4N3O4/c1-13(37)29-19(39-28(4,40-29)20-21(30)23(32)25(35-36-34)24(33)22(20)31)12-18-16-6-5-14-11-15(38)7-9-26(14,2)17(16)8-10-27(18,29)3/h11,16-19H,5-10,12H2,1-4H3/t16-,17+,18+,19-,26+,27+,28-,29-/m1/s1. The number of hydrogen-bond donors (Lipinski definition) is 0. The highest BCUT2D eigenvalue weighted by atomic mass is 19.2. The van der Waals surface area contributed by atoms with E-state index in [2.05, 4.69) is 16.9 Å². The summed E-state index contributed by atoms with van der Waals surface area (Å²) in [7, 11) is 0. The van der Waals surface area contributed by atoms with Crippen LogP contribution >= 0.6 is 0 Å². The van der Waals surface area contributed by atoms with Crippen LogP contribution in [0.15, 0.2) is 16.8 Å². The van der Waals surface area contributed by atoms with Gasteiger partial charge in [0.05, 0.1) is 11.7 Å². The van der Waals surface area contributed by atoms with Crippen LogP contribution in [0.1, 0.15) is 78.2 Å². The summed E-state index contributed by atoms with van der Waals surface area (Å²) in [6.45, 7) is 6.71. The van der Waals surface area contributed by atoms with Gasteiger partial charge < -0.3 is 9.47 Å². The van der Waals surface area contributed by atoms with Gasteiger partial charge in [0.25, 0.3) is 0 Å². The Labute approximate surface area is 228 Å². The first-order valence-electron chi connectivity index (χ1n) is 13.8. The number of rotatable bonds is 3. The van der Waals surface area contributed by atoms with Gasteiger partial charge in [-0.3, -0.25) is 9.59 Å². The summed E-state index contributed by atoms with van der Waals surface area (Å²) in [4.78, 5) is 27.9. The zero-order valence-corrected chi connectivity index (χ0v) is 22.8. The molecule has 4 aliphatic carbocycles. The van der Waals surface area contributed by atoms with Crippen molar-refractivity contribution in [3.63, 3.8) is 0 Å². The van der Waals surface area contributed by atoms with Crippen LogP contribution in [0.5, 0.6) is 0 Å². The van der Waals surface area contributed by atoms with E-state index in [1.807, 2.05) is 13.0 Å². The van der Waals surface area contributed by atoms with Crippen LogP contribution in [0.2, 0.25) is 0 Å². The average molecular weight is 562 g/mol. The third-order valence-electron chi connectivity index (χ3n) is 11.2. The van der Waals surface area contributed by atoms with Crippen LogP contribution in [0.3, 0.4) is 0 Å². The molecule has 1 heterocycles. The Hall–Kier alpha value is -2.75. The minimum atomic E-state index is -2.32. The molecule has 1 aromatic rings. The Morgan fingerprint density at radius 2 is 1.70 bits per heavy atom. The number of allylic oxidation sites excluding steroid dienone is 1. The summed E-state index contributed by atoms with van der Waals surface area (Å²) < 4.78 is 72.5. The molecule has 1 aromatic carbocycles. The van der Waals surface area contributed by atoms with Crippen molar-refractivity contribution < 1.29 is 36.6 Å². The highest BCUT2D eigenvalue weighted by Gasteiger charge is 2.76. The van der Waals surface area contributed by atoms with E-state index in [-0.39, 0.29) is 28.8 Å². The number of nitrogens with zero attached hydrogens (tertiary/aromatic N) is 3. The van der Waals surface area contributed by atoms with Gasteiger partial charge in [0, 0.05) is 16.7 Å². The van der Waals surface area contributed by atoms with Crippen LogP contribution in [-0.2, 0) is 24.8 Å². The number of ether oxygens (including phenoxy) is 2. The Morgan fingerprint density at radius 1 is 1.02 bits per heavy atom. The molecule has 5 aliphatic rings. The highest BCUT2D eigenvalue weighted by Crippen LogP contribution is 2.71. The highest BCUT2D eigenvalue weighted by molar-refractivity contribution is 5.91. The number of benzene rings is 1. The Bertz CT molecular complexity index is 1410. The maximum atomic E-state index is 15.3. The van der Waals surface area contributed by atoms with Gasteiger partial charge in [-0.1, -0.05) is 24.5 Å². The topological polar surface area (TPSA) is 101 Å². The lowest BCUT2D eigenvalue weighted by atomic mass is 9.46. The van der Waals surface area contributed by atoms with E-state index >= 15 is 8.78 Å². The monoisotopic (exact) mass is 561 g/mol. The molecular formula is C29H31F4N3O4. The SMILES string of the molecule is CC(=O)[C@@]12O[C@](C)(c3c(F)c(F)c(N=[N+]=[N-])c(F)c3F)O[C@@H]1C[C@H]1[C@@H]3CCC4=CC(=O)CC[C@]4(C)[C@H]3CC[C@@]12C. The minimum Gasteiger partial charge on any atom is -0.339 e. The van der Waals surface area contributed by atoms with Crippen LogP contribution in [-0.4, -0.2) is 23.3 Å². The van der Waals surface area contributed by atoms with Gasteiger partial charge in [-0.05, 0) is 87.1 Å². The van der Waals surface area contributed by atoms with Gasteiger partial charge in [-0.2, -0.15) is 0 Å². The predicted octanol–water partition coefficient (Wildman–Crippen LogP) is 7.24. The van der Waals surface area contributed by atoms with Crippen molar-refractivity contribution in [3.8, 4) is 0 Å². The van der Waals surface area contributed by atoms with E-state index in [0.29, 0.717) is 25.2 Å². The fourth-order valence-corrected chi connectivity index (χ4v) is 9.42. The number of fused-ring (bicyclic) bond motifs is 7. The summed E-state index contributed by atoms with van der Waals surface area (Å²) >= 11 is 0. The molecule has 0 N–H and O–H groups in total. The molecule has 6 rings (SSSR count). The van der Waals surface area contributed by atoms with Gasteiger partial charge in [-0.25, -0.2) is 17.6 Å². The molecule has 4 fully saturated rings. The van der Waals surface area contributed by atoms with Gasteiger partial charge in [-0.15, -0.1) is 0 Å². The molecule has 0 radical (unpaired) electrons. The zero-order valence-electron chi connectivity index (χ0n) is 22.8. The van der Waals surface area contributed by atoms with Crippen molar-refractivity contribution in [3.05, 3.63) is 50.9 Å². The molecule has 0 amide bonds. The summed E-state index contributed by atoms with van der Waals surface area (Å²) in [5.41, 5.74) is 4.74. The van der Waals surface area contributed by atoms with E-state index in [4.69, 9.17) is 15.0 Å². The maximum Gasteiger partial charge on any atom is 0.199 e. The second-order valence-electron chi connectivity index (χ2n) is 12.8. The predicted molar refractivity (Wildman–Crippen MR) is 134 cm³/mol. The number of halogens is 4. The number of hydrogen-bond acceptors (Lipinski definition) is 5. The van der Waals surface area contributed by atoms with E-state index < -0.39 is 57.4 Å². The number of ketones is 2. The molecule has 0 bridgehead atoms. The van der Waals surface area contributed by atoms with Crippen molar-refractivity contribution in [2.75, 3.05) is 0 Å². The molecule has 1 aliphatic heterocycles. The van der Waals surface area contributed by atoms with Gasteiger partial charge >= 0.3 is 0 Å². The molecule has 7 nitrogen and oxygen atoms in total. The van der Waals surface area contributed by atoms with E-state index in [1.165, 1.54) is 12.5 Å². The number of azide groups is 1. The molecule has 0 aromatic heterocycles. The third kappa shape index (κ3) is 3.22. The second kappa shape index (κ2) is 8.63. The van der Waals surface area contributed by atoms with Crippen molar-refractivity contribution in [2.45, 2.75) is 90.1 Å². The molecule has 0 spiro atoms. The average Bonchev–Trinajstić information content (AvgIpc) is 3.34. The first-order valence-corrected chi connectivity index (χ1v) is 13.8. The van der Waals surface area contributed by atoms with Crippen molar-refractivity contribution in [1.82, 2.24) is 0 Å². The number of Topliss-reactive ketones (excluding diaryl/α,β-unsaturated/α-hetero) is 1. The van der Waals surface area contributed by atoms with Gasteiger partial charge in [0.2, 0.25) is 0 Å². The molecule has 3 saturated carbocycles. The maximum absolute atomic E-state index is 15.3. The van der Waals surface area contributed by atoms with Crippen LogP contribution in [0.25, 0.3) is 10.4 Å². The Morgan fingerprint density at radius 3 is 2.33 bits per heavy atom. The van der Waals surface area contributed by atoms with Gasteiger partial charge in [0.1, 0.15) is 5.69 Å². The van der Waals surface area contributed by atoms with Crippen LogP contribution in [0.4, 0.5) is 23.2 Å². The third-order valence-corrected chi connectivity index (χ3v) is 11.2. The Kier molecular flexibility index (Phi) is 5.92. The molecule has 11 heteroatoms. The fourth-order valence-electron chi connectivity index (χ4n) is 9.42. The second-order valence-corrected chi connectivity index (χ2v) is 12.8. The molecular weight excluding hydrogens is 530 g/mol. The van der Waals surface area contributed by atoms with Crippen molar-refractivity contribution >= 4 is 17.3 Å². The summed E-state index contributed by atoms with van der Waals surface area (Å²) in [6, 6.07) is 0. The zero-order chi connectivity index (χ0) is 29.0. The molecule has 0 unspecified atom stereocenters. The van der Waals surface area contributed by atoms with E-state index in [9.17, 15) is 18.4 Å². The van der Waals surface area contributed by atoms with Crippen LogP contribution in [0, 0.1) is 51.9 Å². The lowest BCUT2D eigenvalue weighted by Gasteiger charge is -2.59. The van der Waals surface area contributed by atoms with Gasteiger partial charge in [0.15, 0.2) is 46.2 Å². The largest absolute Gasteiger partial charge is 0.339 e. The normalized spacial score (nSPS) is 41.8. The van der Waals surface area contributed by atoms with Crippen LogP contribution < -0.4 is 0 Å². The number of carbonyl (C=O) groups is 2. The minimum absolute atomic E-state index is 0.00351. The quantitative estimate of drug-likeness (QED) is 0.128. The first kappa shape index (κ1) is 27.4. The van der Waals surface area contributed by atoms with Crippen molar-refractivity contribution in [1.29, 1.82) is 0 Å². The first-order chi connectivity index (χ1) is 18.7. The summed E-state index contributed by atoms with van der Waals surface area (Å²) in [5, 5.41) is 2.75. The van der Waals surface area contributed by atoms with E-state index in [1.54, 1.807) is 0 Å². The smallest absolute Gasteiger partial charge is 0.199 e. The molecule has 40 heavy (non-hydrogen) atoms. The Balaban J connectivity index is 1.41. The van der Waals surface area contributed by atoms with E-state index in [0.717, 1.165) is 32.6 Å². The van der Waals surface area contributed by atoms with Crippen molar-refractivity contribution in [2.24, 2.45) is 33.7 Å². The summed E-state index contributed by atoms with van der Waals surface area (Å²) in [6.07, 6.45) is 5.59. The lowest BCUT2D eigenvalue weighted by Crippen LogP contribution is -2.59. The lowest BCUT2D eigenvalue weighted by molar-refractivity contribution is -0.230. The fraction of sp³-hybridized carbons (Fsp3) is 0.655. The molecule has 8 atom stereocenters. The number of carbonyl (C=O) groups excluding carboxylic acids is 2. The molecule has 1 saturated heterocycles. The molecule has 214 valence electrons. The summed E-state index contributed by atoms with van der Waals surface area (Å²) in [5.74, 6) is -9.35.